The van der Waals surface area contributed by atoms with Crippen molar-refractivity contribution in [2.45, 2.75) is 65.0 Å². The highest BCUT2D eigenvalue weighted by molar-refractivity contribution is 7.11. The van der Waals surface area contributed by atoms with Gasteiger partial charge >= 0.3 is 0 Å². The summed E-state index contributed by atoms with van der Waals surface area (Å²) in [5.41, 5.74) is 0. The topological polar surface area (TPSA) is 24.9 Å². The third kappa shape index (κ3) is 3.52. The third-order valence-electron chi connectivity index (χ3n) is 3.74. The minimum atomic E-state index is 0.398. The van der Waals surface area contributed by atoms with E-state index in [1.807, 2.05) is 17.5 Å². The molecule has 1 aliphatic carbocycles. The quantitative estimate of drug-likeness (QED) is 0.829. The Morgan fingerprint density at radius 2 is 2.24 bits per heavy atom. The molecule has 0 spiro atoms. The molecule has 1 fully saturated rings. The largest absolute Gasteiger partial charge is 0.306 e. The Morgan fingerprint density at radius 3 is 2.76 bits per heavy atom. The molecule has 0 saturated heterocycles. The van der Waals surface area contributed by atoms with Gasteiger partial charge in [0.1, 0.15) is 5.01 Å². The highest BCUT2D eigenvalue weighted by atomic mass is 32.1. The second-order valence-corrected chi connectivity index (χ2v) is 6.49. The van der Waals surface area contributed by atoms with E-state index in [1.165, 1.54) is 35.6 Å². The van der Waals surface area contributed by atoms with Crippen LogP contribution in [-0.4, -0.2) is 11.0 Å². The summed E-state index contributed by atoms with van der Waals surface area (Å²) in [5, 5.41) is 4.92. The first-order valence-corrected chi connectivity index (χ1v) is 7.71. The van der Waals surface area contributed by atoms with Gasteiger partial charge in [0.05, 0.1) is 6.04 Å². The zero-order chi connectivity index (χ0) is 12.3. The molecule has 17 heavy (non-hydrogen) atoms. The van der Waals surface area contributed by atoms with E-state index >= 15 is 0 Å². The van der Waals surface area contributed by atoms with Crippen LogP contribution >= 0.6 is 11.3 Å². The van der Waals surface area contributed by atoms with Crippen LogP contribution in [0.5, 0.6) is 0 Å². The van der Waals surface area contributed by atoms with E-state index in [9.17, 15) is 0 Å². The monoisotopic (exact) mass is 252 g/mol. The minimum Gasteiger partial charge on any atom is -0.306 e. The number of rotatable bonds is 6. The number of aromatic nitrogens is 1. The molecular weight excluding hydrogens is 228 g/mol. The zero-order valence-corrected chi connectivity index (χ0v) is 12.0. The van der Waals surface area contributed by atoms with Crippen LogP contribution in [0.25, 0.3) is 0 Å². The summed E-state index contributed by atoms with van der Waals surface area (Å²) in [6.07, 6.45) is 8.78. The summed E-state index contributed by atoms with van der Waals surface area (Å²) >= 11 is 1.85. The van der Waals surface area contributed by atoms with Crippen LogP contribution < -0.4 is 5.32 Å². The van der Waals surface area contributed by atoms with Crippen LogP contribution in [0.1, 0.15) is 62.4 Å². The lowest BCUT2D eigenvalue weighted by molar-refractivity contribution is 0.259. The van der Waals surface area contributed by atoms with E-state index in [0.717, 1.165) is 12.3 Å². The van der Waals surface area contributed by atoms with Gasteiger partial charge in [0.25, 0.3) is 0 Å². The molecule has 0 bridgehead atoms. The van der Waals surface area contributed by atoms with Crippen molar-refractivity contribution in [3.63, 3.8) is 0 Å². The summed E-state index contributed by atoms with van der Waals surface area (Å²) in [4.78, 5) is 5.90. The summed E-state index contributed by atoms with van der Waals surface area (Å²) in [6.45, 7) is 6.73. The van der Waals surface area contributed by atoms with Gasteiger partial charge in [0.15, 0.2) is 0 Å². The predicted molar refractivity (Wildman–Crippen MR) is 74.5 cm³/mol. The van der Waals surface area contributed by atoms with E-state index in [1.54, 1.807) is 0 Å². The van der Waals surface area contributed by atoms with Crippen LogP contribution in [0.4, 0.5) is 0 Å². The van der Waals surface area contributed by atoms with E-state index in [2.05, 4.69) is 31.1 Å². The minimum absolute atomic E-state index is 0.398. The van der Waals surface area contributed by atoms with E-state index < -0.39 is 0 Å². The maximum atomic E-state index is 4.51. The Bertz CT molecular complexity index is 344. The van der Waals surface area contributed by atoms with Gasteiger partial charge < -0.3 is 5.32 Å². The molecule has 0 aliphatic heterocycles. The van der Waals surface area contributed by atoms with Gasteiger partial charge in [-0.2, -0.15) is 0 Å². The number of thiazole rings is 1. The number of nitrogens with zero attached hydrogens (tertiary/aromatic N) is 1. The highest BCUT2D eigenvalue weighted by Gasteiger charge is 2.21. The molecule has 96 valence electrons. The van der Waals surface area contributed by atoms with Crippen LogP contribution in [0.15, 0.2) is 6.20 Å². The average molecular weight is 252 g/mol. The first kappa shape index (κ1) is 13.0. The standard InChI is InChI=1S/C14H24N2S/c1-4-13-9-15-14(17-13)11(3)16-10(2)8-12-6-5-7-12/h9-12,16H,4-8H2,1-3H3. The molecule has 1 N–H and O–H groups in total. The third-order valence-corrected chi connectivity index (χ3v) is 5.06. The SMILES string of the molecule is CCc1cnc(C(C)NC(C)CC2CCC2)s1. The van der Waals surface area contributed by atoms with Crippen LogP contribution in [0.3, 0.4) is 0 Å². The van der Waals surface area contributed by atoms with Crippen molar-refractivity contribution in [2.75, 3.05) is 0 Å². The lowest BCUT2D eigenvalue weighted by Crippen LogP contribution is -2.32. The maximum Gasteiger partial charge on any atom is 0.109 e. The molecule has 2 rings (SSSR count). The molecular formula is C14H24N2S. The van der Waals surface area contributed by atoms with Crippen molar-refractivity contribution in [3.8, 4) is 0 Å². The molecule has 1 aromatic rings. The molecule has 3 heteroatoms. The Hall–Kier alpha value is -0.410. The predicted octanol–water partition coefficient (Wildman–Crippen LogP) is 3.93. The summed E-state index contributed by atoms with van der Waals surface area (Å²) in [7, 11) is 0. The van der Waals surface area contributed by atoms with E-state index in [0.29, 0.717) is 12.1 Å². The number of aryl methyl sites for hydroxylation is 1. The second-order valence-electron chi connectivity index (χ2n) is 5.34. The number of nitrogens with one attached hydrogen (secondary N) is 1. The van der Waals surface area contributed by atoms with E-state index in [-0.39, 0.29) is 0 Å². The second kappa shape index (κ2) is 5.96. The van der Waals surface area contributed by atoms with E-state index in [4.69, 9.17) is 0 Å². The zero-order valence-electron chi connectivity index (χ0n) is 11.2. The first-order chi connectivity index (χ1) is 8.19. The van der Waals surface area contributed by atoms with Gasteiger partial charge in [-0.1, -0.05) is 26.2 Å². The maximum absolute atomic E-state index is 4.51. The van der Waals surface area contributed by atoms with Crippen molar-refractivity contribution in [1.29, 1.82) is 0 Å². The van der Waals surface area contributed by atoms with Crippen molar-refractivity contribution in [2.24, 2.45) is 5.92 Å². The van der Waals surface area contributed by atoms with Gasteiger partial charge in [-0.25, -0.2) is 4.98 Å². The first-order valence-electron chi connectivity index (χ1n) is 6.89. The molecule has 1 aliphatic rings. The van der Waals surface area contributed by atoms with Crippen molar-refractivity contribution in [1.82, 2.24) is 10.3 Å². The van der Waals surface area contributed by atoms with Crippen molar-refractivity contribution < 1.29 is 0 Å². The normalized spacial score (nSPS) is 19.9. The Balaban J connectivity index is 1.80. The Labute approximate surface area is 109 Å². The Kier molecular flexibility index (Phi) is 4.57. The molecule has 1 aromatic heterocycles. The average Bonchev–Trinajstić information content (AvgIpc) is 2.72. The highest BCUT2D eigenvalue weighted by Crippen LogP contribution is 2.31. The van der Waals surface area contributed by atoms with Gasteiger partial charge in [-0.15, -0.1) is 11.3 Å². The van der Waals surface area contributed by atoms with Gasteiger partial charge in [0.2, 0.25) is 0 Å². The summed E-state index contributed by atoms with van der Waals surface area (Å²) < 4.78 is 0. The fraction of sp³-hybridized carbons (Fsp3) is 0.786. The Morgan fingerprint density at radius 1 is 1.47 bits per heavy atom. The summed E-state index contributed by atoms with van der Waals surface area (Å²) in [5.74, 6) is 0.979. The smallest absolute Gasteiger partial charge is 0.109 e. The van der Waals surface area contributed by atoms with Crippen molar-refractivity contribution >= 4 is 11.3 Å². The molecule has 2 atom stereocenters. The molecule has 0 amide bonds. The van der Waals surface area contributed by atoms with Crippen LogP contribution in [-0.2, 0) is 6.42 Å². The fourth-order valence-corrected chi connectivity index (χ4v) is 3.35. The van der Waals surface area contributed by atoms with Gasteiger partial charge in [-0.3, -0.25) is 0 Å². The summed E-state index contributed by atoms with van der Waals surface area (Å²) in [6, 6.07) is 1.01. The molecule has 1 heterocycles. The number of hydrogen-bond acceptors (Lipinski definition) is 3. The van der Waals surface area contributed by atoms with Crippen LogP contribution in [0, 0.1) is 5.92 Å². The van der Waals surface area contributed by atoms with Gasteiger partial charge in [-0.05, 0) is 32.6 Å². The van der Waals surface area contributed by atoms with Crippen LogP contribution in [0.2, 0.25) is 0 Å². The molecule has 2 nitrogen and oxygen atoms in total. The molecule has 0 aromatic carbocycles. The van der Waals surface area contributed by atoms with Gasteiger partial charge in [0, 0.05) is 17.1 Å². The molecule has 2 unspecified atom stereocenters. The fourth-order valence-electron chi connectivity index (χ4n) is 2.48. The molecule has 0 radical (unpaired) electrons. The lowest BCUT2D eigenvalue weighted by Gasteiger charge is -2.29. The number of hydrogen-bond donors (Lipinski definition) is 1. The van der Waals surface area contributed by atoms with Crippen molar-refractivity contribution in [3.05, 3.63) is 16.1 Å². The molecule has 1 saturated carbocycles. The lowest BCUT2D eigenvalue weighted by atomic mass is 9.81.